The molecule has 0 aliphatic carbocycles. The molecular weight excluding hydrogens is 274 g/mol. The van der Waals surface area contributed by atoms with Crippen molar-refractivity contribution in [1.29, 1.82) is 0 Å². The molecule has 0 saturated carbocycles. The van der Waals surface area contributed by atoms with Gasteiger partial charge in [-0.3, -0.25) is 4.79 Å². The van der Waals surface area contributed by atoms with Crippen LogP contribution in [0, 0.1) is 0 Å². The molecule has 0 aromatic carbocycles. The number of nitrogens with zero attached hydrogens (tertiary/aromatic N) is 2. The van der Waals surface area contributed by atoms with E-state index < -0.39 is 0 Å². The van der Waals surface area contributed by atoms with E-state index >= 15 is 0 Å². The van der Waals surface area contributed by atoms with Crippen LogP contribution in [0.1, 0.15) is 5.82 Å². The number of halogens is 1. The topological polar surface area (TPSA) is 86.5 Å². The van der Waals surface area contributed by atoms with E-state index in [2.05, 4.69) is 41.2 Å². The summed E-state index contributed by atoms with van der Waals surface area (Å²) in [6, 6.07) is 0. The van der Waals surface area contributed by atoms with Gasteiger partial charge in [0.05, 0.1) is 6.33 Å². The van der Waals surface area contributed by atoms with E-state index in [1.807, 2.05) is 0 Å². The number of aromatic amines is 2. The third-order valence-electron chi connectivity index (χ3n) is 2.01. The van der Waals surface area contributed by atoms with Gasteiger partial charge < -0.3 is 15.3 Å². The summed E-state index contributed by atoms with van der Waals surface area (Å²) in [6.07, 6.45) is 5.59. The third kappa shape index (κ3) is 2.48. The van der Waals surface area contributed by atoms with Crippen molar-refractivity contribution in [2.75, 3.05) is 11.9 Å². The average molecular weight is 284 g/mol. The minimum Gasteiger partial charge on any atom is -0.368 e. The van der Waals surface area contributed by atoms with Crippen LogP contribution < -0.4 is 10.9 Å². The van der Waals surface area contributed by atoms with Gasteiger partial charge in [0.1, 0.15) is 16.1 Å². The molecule has 0 aliphatic heterocycles. The van der Waals surface area contributed by atoms with E-state index in [-0.39, 0.29) is 5.56 Å². The normalized spacial score (nSPS) is 10.3. The summed E-state index contributed by atoms with van der Waals surface area (Å²) in [4.78, 5) is 24.8. The largest absolute Gasteiger partial charge is 0.368 e. The predicted octanol–water partition coefficient (Wildman–Crippen LogP) is 0.910. The Balaban J connectivity index is 1.95. The predicted molar refractivity (Wildman–Crippen MR) is 63.3 cm³/mol. The lowest BCUT2D eigenvalue weighted by atomic mass is 10.4. The minimum atomic E-state index is -0.199. The Bertz CT molecular complexity index is 507. The smallest absolute Gasteiger partial charge is 0.267 e. The fourth-order valence-corrected chi connectivity index (χ4v) is 1.60. The van der Waals surface area contributed by atoms with E-state index in [1.54, 1.807) is 12.4 Å². The summed E-state index contributed by atoms with van der Waals surface area (Å²) >= 11 is 3.17. The highest BCUT2D eigenvalue weighted by atomic mass is 79.9. The molecular formula is C9H10BrN5O. The minimum absolute atomic E-state index is 0.199. The quantitative estimate of drug-likeness (QED) is 0.779. The first-order valence-corrected chi connectivity index (χ1v) is 5.52. The summed E-state index contributed by atoms with van der Waals surface area (Å²) in [7, 11) is 0. The Morgan fingerprint density at radius 1 is 1.38 bits per heavy atom. The molecule has 2 heterocycles. The first kappa shape index (κ1) is 10.9. The van der Waals surface area contributed by atoms with Gasteiger partial charge in [0.25, 0.3) is 5.56 Å². The van der Waals surface area contributed by atoms with Crippen LogP contribution in [0.4, 0.5) is 5.82 Å². The maximum atomic E-state index is 11.2. The second-order valence-electron chi connectivity index (χ2n) is 3.11. The van der Waals surface area contributed by atoms with Crippen molar-refractivity contribution in [3.63, 3.8) is 0 Å². The first-order valence-electron chi connectivity index (χ1n) is 4.72. The lowest BCUT2D eigenvalue weighted by Crippen LogP contribution is -2.14. The molecule has 0 saturated heterocycles. The fourth-order valence-electron chi connectivity index (χ4n) is 1.24. The van der Waals surface area contributed by atoms with Crippen LogP contribution in [0.25, 0.3) is 0 Å². The van der Waals surface area contributed by atoms with Crippen LogP contribution in [-0.4, -0.2) is 26.5 Å². The van der Waals surface area contributed by atoms with Crippen molar-refractivity contribution < 1.29 is 0 Å². The summed E-state index contributed by atoms with van der Waals surface area (Å²) in [5.41, 5.74) is -0.199. The van der Waals surface area contributed by atoms with Gasteiger partial charge in [-0.2, -0.15) is 0 Å². The summed E-state index contributed by atoms with van der Waals surface area (Å²) in [6.45, 7) is 0.655. The third-order valence-corrected chi connectivity index (χ3v) is 2.74. The van der Waals surface area contributed by atoms with Crippen LogP contribution in [-0.2, 0) is 6.42 Å². The molecule has 0 radical (unpaired) electrons. The van der Waals surface area contributed by atoms with Crippen molar-refractivity contribution in [3.8, 4) is 0 Å². The van der Waals surface area contributed by atoms with Gasteiger partial charge in [-0.05, 0) is 15.9 Å². The number of hydrogen-bond acceptors (Lipinski definition) is 4. The Hall–Kier alpha value is -1.63. The summed E-state index contributed by atoms with van der Waals surface area (Å²) < 4.78 is 0.412. The van der Waals surface area contributed by atoms with Crippen molar-refractivity contribution in [2.24, 2.45) is 0 Å². The highest BCUT2D eigenvalue weighted by molar-refractivity contribution is 9.10. The fraction of sp³-hybridized carbons (Fsp3) is 0.222. The highest BCUT2D eigenvalue weighted by Crippen LogP contribution is 2.12. The molecule has 0 unspecified atom stereocenters. The van der Waals surface area contributed by atoms with Crippen molar-refractivity contribution in [2.45, 2.75) is 6.42 Å². The lowest BCUT2D eigenvalue weighted by Gasteiger charge is -2.04. The number of aromatic nitrogens is 4. The lowest BCUT2D eigenvalue weighted by molar-refractivity contribution is 0.916. The van der Waals surface area contributed by atoms with Gasteiger partial charge in [0, 0.05) is 25.4 Å². The van der Waals surface area contributed by atoms with E-state index in [4.69, 9.17) is 0 Å². The molecule has 0 amide bonds. The molecule has 2 aromatic rings. The molecule has 6 nitrogen and oxygen atoms in total. The van der Waals surface area contributed by atoms with Gasteiger partial charge >= 0.3 is 0 Å². The monoisotopic (exact) mass is 283 g/mol. The van der Waals surface area contributed by atoms with Gasteiger partial charge in [-0.1, -0.05) is 0 Å². The molecule has 16 heavy (non-hydrogen) atoms. The zero-order chi connectivity index (χ0) is 11.4. The average Bonchev–Trinajstić information content (AvgIpc) is 2.77. The second-order valence-corrected chi connectivity index (χ2v) is 3.90. The van der Waals surface area contributed by atoms with E-state index in [1.165, 1.54) is 6.33 Å². The van der Waals surface area contributed by atoms with E-state index in [0.29, 0.717) is 16.8 Å². The molecule has 7 heteroatoms. The molecule has 0 bridgehead atoms. The SMILES string of the molecule is O=c1[nH]cnc(NCCc2ncc[nH]2)c1Br. The first-order chi connectivity index (χ1) is 7.77. The maximum Gasteiger partial charge on any atom is 0.267 e. The Morgan fingerprint density at radius 2 is 2.25 bits per heavy atom. The number of rotatable bonds is 4. The van der Waals surface area contributed by atoms with Crippen LogP contribution in [0.3, 0.4) is 0 Å². The molecule has 0 fully saturated rings. The Morgan fingerprint density at radius 3 is 3.00 bits per heavy atom. The number of nitrogens with one attached hydrogen (secondary N) is 3. The Labute approximate surface area is 99.7 Å². The molecule has 0 atom stereocenters. The van der Waals surface area contributed by atoms with Crippen LogP contribution in [0.2, 0.25) is 0 Å². The molecule has 2 aromatic heterocycles. The highest BCUT2D eigenvalue weighted by Gasteiger charge is 2.04. The van der Waals surface area contributed by atoms with Crippen molar-refractivity contribution in [3.05, 3.63) is 39.4 Å². The van der Waals surface area contributed by atoms with Crippen molar-refractivity contribution >= 4 is 21.7 Å². The number of anilines is 1. The molecule has 0 spiro atoms. The standard InChI is InChI=1S/C9H10BrN5O/c10-7-8(14-5-15-9(7)16)13-2-1-6-11-3-4-12-6/h3-5H,1-2H2,(H,11,12)(H2,13,14,15,16). The maximum absolute atomic E-state index is 11.2. The number of hydrogen-bond donors (Lipinski definition) is 3. The van der Waals surface area contributed by atoms with Gasteiger partial charge in [-0.15, -0.1) is 0 Å². The molecule has 3 N–H and O–H groups in total. The van der Waals surface area contributed by atoms with Crippen LogP contribution in [0.15, 0.2) is 28.0 Å². The van der Waals surface area contributed by atoms with Crippen molar-refractivity contribution in [1.82, 2.24) is 19.9 Å². The number of imidazole rings is 1. The zero-order valence-electron chi connectivity index (χ0n) is 8.33. The van der Waals surface area contributed by atoms with Crippen LogP contribution >= 0.6 is 15.9 Å². The Kier molecular flexibility index (Phi) is 3.35. The van der Waals surface area contributed by atoms with E-state index in [9.17, 15) is 4.79 Å². The summed E-state index contributed by atoms with van der Waals surface area (Å²) in [5, 5.41) is 3.05. The van der Waals surface area contributed by atoms with Crippen LogP contribution in [0.5, 0.6) is 0 Å². The zero-order valence-corrected chi connectivity index (χ0v) is 9.91. The molecule has 84 valence electrons. The van der Waals surface area contributed by atoms with Gasteiger partial charge in [0.2, 0.25) is 0 Å². The second kappa shape index (κ2) is 4.93. The van der Waals surface area contributed by atoms with Gasteiger partial charge in [0.15, 0.2) is 0 Å². The van der Waals surface area contributed by atoms with Gasteiger partial charge in [-0.25, -0.2) is 9.97 Å². The molecule has 2 rings (SSSR count). The molecule has 0 aliphatic rings. The number of H-pyrrole nitrogens is 2. The van der Waals surface area contributed by atoms with E-state index in [0.717, 1.165) is 12.2 Å². The summed E-state index contributed by atoms with van der Waals surface area (Å²) in [5.74, 6) is 1.43.